The summed E-state index contributed by atoms with van der Waals surface area (Å²) in [6.07, 6.45) is -0.00524. The molecule has 0 bridgehead atoms. The Morgan fingerprint density at radius 3 is 2.71 bits per heavy atom. The Labute approximate surface area is 137 Å². The van der Waals surface area contributed by atoms with Gasteiger partial charge in [0.15, 0.2) is 6.17 Å². The summed E-state index contributed by atoms with van der Waals surface area (Å²) in [6, 6.07) is 10.2. The van der Waals surface area contributed by atoms with E-state index in [1.54, 1.807) is 36.4 Å². The summed E-state index contributed by atoms with van der Waals surface area (Å²) >= 11 is 0. The van der Waals surface area contributed by atoms with E-state index in [-0.39, 0.29) is 6.42 Å². The molecule has 1 aliphatic rings. The number of carbonyl (C=O) groups is 3. The third-order valence-electron chi connectivity index (χ3n) is 3.54. The average molecular weight is 328 g/mol. The van der Waals surface area contributed by atoms with E-state index in [1.807, 2.05) is 0 Å². The lowest BCUT2D eigenvalue weighted by atomic mass is 10.1. The zero-order valence-electron chi connectivity index (χ0n) is 12.5. The van der Waals surface area contributed by atoms with Gasteiger partial charge in [-0.1, -0.05) is 12.1 Å². The first-order chi connectivity index (χ1) is 11.6. The molecule has 0 saturated heterocycles. The zero-order valence-corrected chi connectivity index (χ0v) is 12.5. The minimum Gasteiger partial charge on any atom is -0.550 e. The van der Waals surface area contributed by atoms with Gasteiger partial charge in [-0.2, -0.15) is 0 Å². The summed E-state index contributed by atoms with van der Waals surface area (Å²) in [7, 11) is 0. The van der Waals surface area contributed by atoms with Crippen molar-refractivity contribution in [2.75, 3.05) is 5.32 Å². The number of aliphatic carboxylic acids is 1. The number of nitrogens with zero attached hydrogens (tertiary/aromatic N) is 1. The minimum absolute atomic E-state index is 0.293. The predicted octanol–water partition coefficient (Wildman–Crippen LogP) is 0.407. The molecule has 1 atom stereocenters. The number of carboxylic acid groups (broad SMARTS) is 1. The molecule has 2 N–H and O–H groups in total. The summed E-state index contributed by atoms with van der Waals surface area (Å²) < 4.78 is 5.33. The number of fused-ring (bicyclic) bond motifs is 1. The lowest BCUT2D eigenvalue weighted by Crippen LogP contribution is -2.52. The summed E-state index contributed by atoms with van der Waals surface area (Å²) in [5.74, 6) is -1.93. The number of nitrogens with one attached hydrogen (secondary N) is 2. The molecule has 2 heterocycles. The third kappa shape index (κ3) is 3.07. The smallest absolute Gasteiger partial charge is 0.276 e. The molecular weight excluding hydrogens is 314 g/mol. The van der Waals surface area contributed by atoms with E-state index in [1.165, 1.54) is 6.26 Å². The molecule has 0 unspecified atom stereocenters. The predicted molar refractivity (Wildman–Crippen MR) is 80.1 cm³/mol. The van der Waals surface area contributed by atoms with Crippen LogP contribution in [0.2, 0.25) is 0 Å². The highest BCUT2D eigenvalue weighted by molar-refractivity contribution is 6.02. The van der Waals surface area contributed by atoms with Crippen LogP contribution in [-0.4, -0.2) is 22.8 Å². The van der Waals surface area contributed by atoms with E-state index in [9.17, 15) is 19.5 Å². The first-order valence-corrected chi connectivity index (χ1v) is 7.28. The molecule has 1 aromatic carbocycles. The highest BCUT2D eigenvalue weighted by Crippen LogP contribution is 2.31. The molecule has 0 radical (unpaired) electrons. The van der Waals surface area contributed by atoms with Crippen molar-refractivity contribution < 1.29 is 23.9 Å². The maximum Gasteiger partial charge on any atom is 0.276 e. The maximum absolute atomic E-state index is 12.7. The van der Waals surface area contributed by atoms with Crippen molar-refractivity contribution in [2.24, 2.45) is 0 Å². The van der Waals surface area contributed by atoms with Gasteiger partial charge in [-0.25, -0.2) is 5.01 Å². The van der Waals surface area contributed by atoms with Crippen molar-refractivity contribution in [1.82, 2.24) is 10.4 Å². The monoisotopic (exact) mass is 328 g/mol. The van der Waals surface area contributed by atoms with E-state index >= 15 is 0 Å². The van der Waals surface area contributed by atoms with Gasteiger partial charge in [0.1, 0.15) is 5.76 Å². The fourth-order valence-electron chi connectivity index (χ4n) is 2.42. The molecule has 8 nitrogen and oxygen atoms in total. The van der Waals surface area contributed by atoms with Crippen LogP contribution in [0.3, 0.4) is 0 Å². The molecule has 0 spiro atoms. The van der Waals surface area contributed by atoms with Crippen LogP contribution in [0.1, 0.15) is 35.1 Å². The van der Waals surface area contributed by atoms with Crippen molar-refractivity contribution in [3.63, 3.8) is 0 Å². The largest absolute Gasteiger partial charge is 0.550 e. The highest BCUT2D eigenvalue weighted by Gasteiger charge is 2.35. The quantitative estimate of drug-likeness (QED) is 0.821. The van der Waals surface area contributed by atoms with Crippen LogP contribution in [0.4, 0.5) is 5.69 Å². The fraction of sp³-hybridized carbons (Fsp3) is 0.188. The Balaban J connectivity index is 1.87. The number of hydrogen-bond donors (Lipinski definition) is 2. The van der Waals surface area contributed by atoms with Crippen molar-refractivity contribution in [3.05, 3.63) is 54.0 Å². The number of anilines is 1. The first-order valence-electron chi connectivity index (χ1n) is 7.28. The minimum atomic E-state index is -1.33. The van der Waals surface area contributed by atoms with Gasteiger partial charge in [-0.3, -0.25) is 15.0 Å². The second kappa shape index (κ2) is 6.45. The molecule has 0 fully saturated rings. The Hall–Kier alpha value is -3.29. The van der Waals surface area contributed by atoms with Crippen LogP contribution in [0.25, 0.3) is 0 Å². The summed E-state index contributed by atoms with van der Waals surface area (Å²) in [6.45, 7) is 0. The number of benzene rings is 1. The van der Waals surface area contributed by atoms with Crippen LogP contribution < -0.4 is 15.8 Å². The number of hydrogen-bond acceptors (Lipinski definition) is 6. The van der Waals surface area contributed by atoms with E-state index < -0.39 is 30.4 Å². The number of rotatable bonds is 5. The van der Waals surface area contributed by atoms with Crippen molar-refractivity contribution in [3.8, 4) is 0 Å². The zero-order chi connectivity index (χ0) is 17.1. The molecule has 3 rings (SSSR count). The van der Waals surface area contributed by atoms with Crippen molar-refractivity contribution >= 4 is 23.5 Å². The lowest BCUT2D eigenvalue weighted by Gasteiger charge is -2.36. The van der Waals surface area contributed by atoms with Gasteiger partial charge in [0.2, 0.25) is 5.91 Å². The molecule has 0 saturated carbocycles. The fourth-order valence-corrected chi connectivity index (χ4v) is 2.42. The van der Waals surface area contributed by atoms with Gasteiger partial charge in [0.25, 0.3) is 5.91 Å². The highest BCUT2D eigenvalue weighted by atomic mass is 16.4. The normalized spacial score (nSPS) is 16.2. The van der Waals surface area contributed by atoms with E-state index in [4.69, 9.17) is 4.42 Å². The summed E-state index contributed by atoms with van der Waals surface area (Å²) in [4.78, 5) is 35.1. The van der Waals surface area contributed by atoms with E-state index in [0.717, 1.165) is 5.01 Å². The number of carboxylic acids is 1. The summed E-state index contributed by atoms with van der Waals surface area (Å²) in [5, 5.41) is 14.7. The van der Waals surface area contributed by atoms with Crippen molar-refractivity contribution in [2.45, 2.75) is 19.0 Å². The van der Waals surface area contributed by atoms with Crippen LogP contribution in [0, 0.1) is 0 Å². The maximum atomic E-state index is 12.7. The first kappa shape index (κ1) is 15.6. The van der Waals surface area contributed by atoms with Crippen LogP contribution in [-0.2, 0) is 9.59 Å². The van der Waals surface area contributed by atoms with Gasteiger partial charge < -0.3 is 19.6 Å². The summed E-state index contributed by atoms with van der Waals surface area (Å²) in [5.41, 5.74) is 3.44. The Morgan fingerprint density at radius 1 is 1.21 bits per heavy atom. The average Bonchev–Trinajstić information content (AvgIpc) is 3.10. The van der Waals surface area contributed by atoms with E-state index in [0.29, 0.717) is 17.0 Å². The number of amides is 2. The van der Waals surface area contributed by atoms with Crippen LogP contribution in [0.15, 0.2) is 47.1 Å². The third-order valence-corrected chi connectivity index (χ3v) is 3.54. The number of furan rings is 1. The Kier molecular flexibility index (Phi) is 4.19. The van der Waals surface area contributed by atoms with Gasteiger partial charge >= 0.3 is 0 Å². The lowest BCUT2D eigenvalue weighted by molar-refractivity contribution is -0.305. The number of para-hydroxylation sites is 1. The SMILES string of the molecule is O=C([O-])CCC(=O)NN1C(=O)c2ccccc2N[C@H]1c1ccco1. The molecule has 2 amide bonds. The number of carbonyl (C=O) groups excluding carboxylic acids is 3. The van der Waals surface area contributed by atoms with Crippen LogP contribution in [0.5, 0.6) is 0 Å². The second-order valence-corrected chi connectivity index (χ2v) is 5.19. The number of hydrazine groups is 1. The molecule has 24 heavy (non-hydrogen) atoms. The molecule has 1 aliphatic heterocycles. The van der Waals surface area contributed by atoms with Crippen molar-refractivity contribution in [1.29, 1.82) is 0 Å². The molecular formula is C16H14N3O5-. The van der Waals surface area contributed by atoms with Gasteiger partial charge in [-0.05, 0) is 30.7 Å². The molecule has 0 aliphatic carbocycles. The molecule has 2 aromatic rings. The van der Waals surface area contributed by atoms with E-state index in [2.05, 4.69) is 10.7 Å². The van der Waals surface area contributed by atoms with Crippen LogP contribution >= 0.6 is 0 Å². The Morgan fingerprint density at radius 2 is 2.00 bits per heavy atom. The topological polar surface area (TPSA) is 115 Å². The van der Waals surface area contributed by atoms with Gasteiger partial charge in [0.05, 0.1) is 11.8 Å². The van der Waals surface area contributed by atoms with Gasteiger partial charge in [0, 0.05) is 18.1 Å². The molecule has 1 aromatic heterocycles. The standard InChI is InChI=1S/C16H15N3O5/c20-13(7-8-14(21)22)18-19-15(12-6-3-9-24-12)17-11-5-2-1-4-10(11)16(19)23/h1-6,9,15,17H,7-8H2,(H,18,20)(H,21,22)/p-1/t15-/m1/s1. The Bertz CT molecular complexity index is 772. The molecule has 124 valence electrons. The molecule has 8 heteroatoms. The van der Waals surface area contributed by atoms with Gasteiger partial charge in [-0.15, -0.1) is 0 Å². The second-order valence-electron chi connectivity index (χ2n) is 5.19.